The first-order valence-corrected chi connectivity index (χ1v) is 8.77. The predicted molar refractivity (Wildman–Crippen MR) is 104 cm³/mol. The Balaban J connectivity index is 1.49. The van der Waals surface area contributed by atoms with Crippen LogP contribution in [0.5, 0.6) is 0 Å². The number of pyridine rings is 1. The van der Waals surface area contributed by atoms with E-state index in [-0.39, 0.29) is 17.9 Å². The van der Waals surface area contributed by atoms with E-state index in [1.807, 2.05) is 24.3 Å². The Morgan fingerprint density at radius 3 is 2.75 bits per heavy atom. The van der Waals surface area contributed by atoms with Crippen molar-refractivity contribution in [3.05, 3.63) is 82.9 Å². The largest absolute Gasteiger partial charge is 0.352 e. The van der Waals surface area contributed by atoms with Crippen LogP contribution in [-0.2, 0) is 24.8 Å². The normalized spacial score (nSPS) is 10.9. The Kier molecular flexibility index (Phi) is 4.67. The smallest absolute Gasteiger partial charge is 0.274 e. The zero-order chi connectivity index (χ0) is 19.5. The summed E-state index contributed by atoms with van der Waals surface area (Å²) in [4.78, 5) is 33.0. The van der Waals surface area contributed by atoms with Gasteiger partial charge in [0.1, 0.15) is 12.1 Å². The van der Waals surface area contributed by atoms with Gasteiger partial charge in [-0.2, -0.15) is 5.10 Å². The minimum Gasteiger partial charge on any atom is -0.352 e. The highest BCUT2D eigenvalue weighted by Crippen LogP contribution is 2.13. The summed E-state index contributed by atoms with van der Waals surface area (Å²) in [6.07, 6.45) is 6.94. The van der Waals surface area contributed by atoms with Crippen LogP contribution < -0.4 is 10.9 Å². The van der Waals surface area contributed by atoms with Crippen molar-refractivity contribution >= 4 is 16.7 Å². The Morgan fingerprint density at radius 1 is 1.14 bits per heavy atom. The number of aromatic nitrogens is 5. The van der Waals surface area contributed by atoms with Crippen molar-refractivity contribution in [2.24, 2.45) is 7.05 Å². The average molecular weight is 374 g/mol. The summed E-state index contributed by atoms with van der Waals surface area (Å²) in [6, 6.07) is 10.9. The van der Waals surface area contributed by atoms with E-state index in [1.54, 1.807) is 48.7 Å². The number of amides is 1. The maximum absolute atomic E-state index is 12.5. The van der Waals surface area contributed by atoms with Crippen LogP contribution in [0.3, 0.4) is 0 Å². The first-order valence-electron chi connectivity index (χ1n) is 8.77. The Labute approximate surface area is 160 Å². The first-order chi connectivity index (χ1) is 13.6. The van der Waals surface area contributed by atoms with Gasteiger partial charge in [-0.15, -0.1) is 0 Å². The van der Waals surface area contributed by atoms with Crippen LogP contribution in [0.15, 0.2) is 66.1 Å². The lowest BCUT2D eigenvalue weighted by atomic mass is 10.1. The lowest BCUT2D eigenvalue weighted by molar-refractivity contribution is -0.120. The molecule has 3 aromatic heterocycles. The summed E-state index contributed by atoms with van der Waals surface area (Å²) in [6.45, 7) is 0.368. The highest BCUT2D eigenvalue weighted by Gasteiger charge is 2.12. The van der Waals surface area contributed by atoms with E-state index < -0.39 is 0 Å². The Morgan fingerprint density at radius 2 is 1.96 bits per heavy atom. The zero-order valence-corrected chi connectivity index (χ0v) is 15.2. The second-order valence-electron chi connectivity index (χ2n) is 6.37. The fourth-order valence-corrected chi connectivity index (χ4v) is 3.03. The van der Waals surface area contributed by atoms with Gasteiger partial charge in [0, 0.05) is 37.6 Å². The number of nitrogens with one attached hydrogen (secondary N) is 1. The lowest BCUT2D eigenvalue weighted by Crippen LogP contribution is -2.27. The number of carbonyl (C=O) groups excluding carboxylic acids is 1. The van der Waals surface area contributed by atoms with E-state index in [2.05, 4.69) is 20.4 Å². The van der Waals surface area contributed by atoms with E-state index in [0.29, 0.717) is 23.0 Å². The lowest BCUT2D eigenvalue weighted by Gasteiger charge is -2.09. The molecule has 0 aliphatic heterocycles. The van der Waals surface area contributed by atoms with Crippen molar-refractivity contribution in [1.29, 1.82) is 0 Å². The molecule has 8 nitrogen and oxygen atoms in total. The molecule has 0 unspecified atom stereocenters. The molecule has 0 saturated heterocycles. The summed E-state index contributed by atoms with van der Waals surface area (Å²) >= 11 is 0. The molecule has 1 amide bonds. The molecule has 140 valence electrons. The molecule has 4 aromatic rings. The van der Waals surface area contributed by atoms with Gasteiger partial charge in [-0.25, -0.2) is 14.6 Å². The minimum atomic E-state index is -0.177. The van der Waals surface area contributed by atoms with Gasteiger partial charge in [-0.1, -0.05) is 18.2 Å². The quantitative estimate of drug-likeness (QED) is 0.569. The van der Waals surface area contributed by atoms with Gasteiger partial charge in [0.15, 0.2) is 0 Å². The van der Waals surface area contributed by atoms with Crippen LogP contribution in [-0.4, -0.2) is 30.2 Å². The fraction of sp³-hybridized carbons (Fsp3) is 0.150. The molecular weight excluding hydrogens is 356 g/mol. The molecule has 0 spiro atoms. The highest BCUT2D eigenvalue weighted by molar-refractivity contribution is 5.88. The van der Waals surface area contributed by atoms with Crippen LogP contribution in [0.25, 0.3) is 16.6 Å². The number of benzene rings is 1. The fourth-order valence-electron chi connectivity index (χ4n) is 3.03. The van der Waals surface area contributed by atoms with E-state index in [1.165, 1.54) is 4.68 Å². The summed E-state index contributed by atoms with van der Waals surface area (Å²) in [5.41, 5.74) is 1.32. The molecule has 0 aliphatic rings. The molecule has 0 aliphatic carbocycles. The molecule has 4 rings (SSSR count). The van der Waals surface area contributed by atoms with Gasteiger partial charge in [0.2, 0.25) is 5.91 Å². The number of hydrogen-bond acceptors (Lipinski definition) is 5. The molecule has 8 heteroatoms. The van der Waals surface area contributed by atoms with Gasteiger partial charge < -0.3 is 5.32 Å². The van der Waals surface area contributed by atoms with Crippen LogP contribution in [0.4, 0.5) is 0 Å². The maximum Gasteiger partial charge on any atom is 0.274 e. The van der Waals surface area contributed by atoms with Crippen molar-refractivity contribution in [1.82, 2.24) is 29.6 Å². The zero-order valence-electron chi connectivity index (χ0n) is 15.2. The van der Waals surface area contributed by atoms with E-state index in [4.69, 9.17) is 0 Å². The molecular formula is C20H18N6O2. The molecule has 1 N–H and O–H groups in total. The summed E-state index contributed by atoms with van der Waals surface area (Å²) in [5, 5.41) is 8.42. The summed E-state index contributed by atoms with van der Waals surface area (Å²) in [7, 11) is 1.59. The second-order valence-corrected chi connectivity index (χ2v) is 6.37. The number of nitrogens with zero attached hydrogens (tertiary/aromatic N) is 5. The Hall–Kier alpha value is -3.81. The molecule has 3 heterocycles. The van der Waals surface area contributed by atoms with Gasteiger partial charge in [-0.05, 0) is 23.8 Å². The molecule has 28 heavy (non-hydrogen) atoms. The van der Waals surface area contributed by atoms with E-state index in [9.17, 15) is 9.59 Å². The van der Waals surface area contributed by atoms with Crippen molar-refractivity contribution in [3.8, 4) is 5.82 Å². The molecule has 0 radical (unpaired) electrons. The first kappa shape index (κ1) is 17.6. The number of fused-ring (bicyclic) bond motifs is 1. The van der Waals surface area contributed by atoms with Crippen molar-refractivity contribution in [2.45, 2.75) is 13.0 Å². The van der Waals surface area contributed by atoms with Crippen LogP contribution in [0, 0.1) is 0 Å². The van der Waals surface area contributed by atoms with Crippen LogP contribution >= 0.6 is 0 Å². The van der Waals surface area contributed by atoms with Crippen LogP contribution in [0.2, 0.25) is 0 Å². The van der Waals surface area contributed by atoms with Crippen molar-refractivity contribution < 1.29 is 4.79 Å². The third-order valence-electron chi connectivity index (χ3n) is 4.43. The molecule has 0 atom stereocenters. The SMILES string of the molecule is Cn1nc(CC(=O)NCc2ccnc(-n3ccnc3)c2)c2ccccc2c1=O. The number of hydrogen-bond donors (Lipinski definition) is 1. The number of imidazole rings is 1. The molecule has 0 bridgehead atoms. The van der Waals surface area contributed by atoms with E-state index in [0.717, 1.165) is 11.4 Å². The van der Waals surface area contributed by atoms with Gasteiger partial charge in [0.05, 0.1) is 17.5 Å². The number of carbonyl (C=O) groups is 1. The Bertz CT molecular complexity index is 1200. The highest BCUT2D eigenvalue weighted by atomic mass is 16.1. The average Bonchev–Trinajstić information content (AvgIpc) is 3.25. The van der Waals surface area contributed by atoms with Crippen molar-refractivity contribution in [2.75, 3.05) is 0 Å². The molecule has 0 saturated carbocycles. The standard InChI is InChI=1S/C20H18N6O2/c1-25-20(28)16-5-3-2-4-15(16)17(24-25)11-19(27)23-12-14-6-7-22-18(10-14)26-9-8-21-13-26/h2-10,13H,11-12H2,1H3,(H,23,27). The predicted octanol–water partition coefficient (Wildman–Crippen LogP) is 1.37. The van der Waals surface area contributed by atoms with Crippen molar-refractivity contribution in [3.63, 3.8) is 0 Å². The molecule has 0 fully saturated rings. The third kappa shape index (κ3) is 3.52. The number of rotatable bonds is 5. The summed E-state index contributed by atoms with van der Waals surface area (Å²) < 4.78 is 3.07. The van der Waals surface area contributed by atoms with E-state index >= 15 is 0 Å². The summed E-state index contributed by atoms with van der Waals surface area (Å²) in [5.74, 6) is 0.562. The maximum atomic E-state index is 12.5. The third-order valence-corrected chi connectivity index (χ3v) is 4.43. The number of aryl methyl sites for hydroxylation is 1. The molecule has 1 aromatic carbocycles. The van der Waals surface area contributed by atoms with Gasteiger partial charge >= 0.3 is 0 Å². The second kappa shape index (κ2) is 7.43. The topological polar surface area (TPSA) is 94.7 Å². The van der Waals surface area contributed by atoms with Crippen LogP contribution in [0.1, 0.15) is 11.3 Å². The minimum absolute atomic E-state index is 0.0914. The van der Waals surface area contributed by atoms with Gasteiger partial charge in [-0.3, -0.25) is 14.2 Å². The monoisotopic (exact) mass is 374 g/mol. The van der Waals surface area contributed by atoms with Gasteiger partial charge in [0.25, 0.3) is 5.56 Å².